The van der Waals surface area contributed by atoms with E-state index in [1.807, 2.05) is 6.20 Å². The van der Waals surface area contributed by atoms with Crippen LogP contribution in [0.2, 0.25) is 0 Å². The van der Waals surface area contributed by atoms with Gasteiger partial charge >= 0.3 is 0 Å². The molecule has 0 aliphatic rings. The van der Waals surface area contributed by atoms with E-state index in [1.54, 1.807) is 0 Å². The molecule has 0 unspecified atom stereocenters. The molecule has 5 aromatic heterocycles. The lowest BCUT2D eigenvalue weighted by Gasteiger charge is -2.12. The molecular formula is C48H29N5. The second-order valence-electron chi connectivity index (χ2n) is 13.9. The largest absolute Gasteiger partial charge is 0.309 e. The molecule has 0 atom stereocenters. The van der Waals surface area contributed by atoms with Crippen molar-refractivity contribution in [1.29, 1.82) is 0 Å². The first-order valence-electron chi connectivity index (χ1n) is 18.0. The predicted octanol–water partition coefficient (Wildman–Crippen LogP) is 12.1. The van der Waals surface area contributed by atoms with Crippen molar-refractivity contribution in [3.05, 3.63) is 176 Å². The van der Waals surface area contributed by atoms with Gasteiger partial charge in [0.15, 0.2) is 0 Å². The van der Waals surface area contributed by atoms with Gasteiger partial charge in [-0.05, 0) is 89.3 Å². The number of nitrogens with zero attached hydrogens (tertiary/aromatic N) is 5. The number of aromatic nitrogens is 5. The summed E-state index contributed by atoms with van der Waals surface area (Å²) in [6.07, 6.45) is 1.94. The Labute approximate surface area is 303 Å². The molecule has 0 amide bonds. The fourth-order valence-electron chi connectivity index (χ4n) is 8.74. The van der Waals surface area contributed by atoms with E-state index in [4.69, 9.17) is 9.97 Å². The van der Waals surface area contributed by atoms with Gasteiger partial charge in [0.1, 0.15) is 11.5 Å². The number of rotatable bonds is 3. The molecule has 12 aromatic rings. The highest BCUT2D eigenvalue weighted by molar-refractivity contribution is 6.20. The molecule has 7 aromatic carbocycles. The summed E-state index contributed by atoms with van der Waals surface area (Å²) >= 11 is 0. The van der Waals surface area contributed by atoms with Crippen LogP contribution < -0.4 is 0 Å². The second kappa shape index (κ2) is 10.6. The van der Waals surface area contributed by atoms with E-state index < -0.39 is 0 Å². The van der Waals surface area contributed by atoms with Gasteiger partial charge in [-0.2, -0.15) is 0 Å². The Morgan fingerprint density at radius 2 is 0.943 bits per heavy atom. The van der Waals surface area contributed by atoms with Gasteiger partial charge in [0.25, 0.3) is 0 Å². The Bertz CT molecular complexity index is 3460. The van der Waals surface area contributed by atoms with Crippen LogP contribution in [0.4, 0.5) is 0 Å². The zero-order valence-electron chi connectivity index (χ0n) is 28.5. The third kappa shape index (κ3) is 3.96. The van der Waals surface area contributed by atoms with E-state index in [1.165, 1.54) is 43.4 Å². The van der Waals surface area contributed by atoms with E-state index in [2.05, 4.69) is 183 Å². The van der Waals surface area contributed by atoms with E-state index in [0.29, 0.717) is 0 Å². The summed E-state index contributed by atoms with van der Waals surface area (Å²) in [4.78, 5) is 10.2. The van der Waals surface area contributed by atoms with Crippen LogP contribution in [0, 0.1) is 0 Å². The topological polar surface area (TPSA) is 40.0 Å². The van der Waals surface area contributed by atoms with E-state index in [-0.39, 0.29) is 0 Å². The summed E-state index contributed by atoms with van der Waals surface area (Å²) in [5.41, 5.74) is 12.3. The predicted molar refractivity (Wildman–Crippen MR) is 220 cm³/mol. The number of fused-ring (bicyclic) bond motifs is 14. The third-order valence-corrected chi connectivity index (χ3v) is 11.0. The highest BCUT2D eigenvalue weighted by atomic mass is 15.1. The number of benzene rings is 7. The fraction of sp³-hybridized carbons (Fsp3) is 0. The first-order chi connectivity index (χ1) is 26.3. The van der Waals surface area contributed by atoms with Gasteiger partial charge in [-0.15, -0.1) is 0 Å². The molecule has 0 aliphatic heterocycles. The van der Waals surface area contributed by atoms with Gasteiger partial charge in [0, 0.05) is 44.2 Å². The summed E-state index contributed by atoms with van der Waals surface area (Å²) in [7, 11) is 0. The minimum Gasteiger partial charge on any atom is -0.309 e. The summed E-state index contributed by atoms with van der Waals surface area (Å²) in [5.74, 6) is 0.887. The molecule has 0 saturated heterocycles. The number of hydrogen-bond donors (Lipinski definition) is 0. The number of pyridine rings is 2. The lowest BCUT2D eigenvalue weighted by atomic mass is 10.0. The molecule has 0 fully saturated rings. The Kier molecular flexibility index (Phi) is 5.71. The molecule has 12 rings (SSSR count). The quantitative estimate of drug-likeness (QED) is 0.175. The second-order valence-corrected chi connectivity index (χ2v) is 13.9. The van der Waals surface area contributed by atoms with E-state index in [0.717, 1.165) is 61.2 Å². The van der Waals surface area contributed by atoms with Crippen LogP contribution in [0.3, 0.4) is 0 Å². The van der Waals surface area contributed by atoms with Gasteiger partial charge < -0.3 is 4.57 Å². The van der Waals surface area contributed by atoms with Crippen LogP contribution in [0.1, 0.15) is 0 Å². The molecule has 5 nitrogen and oxygen atoms in total. The van der Waals surface area contributed by atoms with Crippen molar-refractivity contribution >= 4 is 82.0 Å². The number of imidazole rings is 1. The lowest BCUT2D eigenvalue weighted by Crippen LogP contribution is -1.98. The number of hydrogen-bond acceptors (Lipinski definition) is 2. The molecule has 5 heteroatoms. The maximum Gasteiger partial charge on any atom is 0.146 e. The zero-order valence-corrected chi connectivity index (χ0v) is 28.5. The average molecular weight is 676 g/mol. The first kappa shape index (κ1) is 28.5. The van der Waals surface area contributed by atoms with Crippen LogP contribution in [0.25, 0.3) is 105 Å². The van der Waals surface area contributed by atoms with Crippen molar-refractivity contribution in [2.45, 2.75) is 0 Å². The third-order valence-electron chi connectivity index (χ3n) is 11.0. The van der Waals surface area contributed by atoms with Gasteiger partial charge in [-0.25, -0.2) is 9.97 Å². The Morgan fingerprint density at radius 1 is 0.358 bits per heavy atom. The molecule has 0 bridgehead atoms. The highest BCUT2D eigenvalue weighted by Crippen LogP contribution is 2.40. The monoisotopic (exact) mass is 675 g/mol. The van der Waals surface area contributed by atoms with Crippen LogP contribution in [0.5, 0.6) is 0 Å². The summed E-state index contributed by atoms with van der Waals surface area (Å²) in [6.45, 7) is 0. The fourth-order valence-corrected chi connectivity index (χ4v) is 8.74. The Hall–Kier alpha value is -7.24. The Morgan fingerprint density at radius 3 is 1.75 bits per heavy atom. The molecule has 5 heterocycles. The van der Waals surface area contributed by atoms with Crippen molar-refractivity contribution in [2.75, 3.05) is 0 Å². The van der Waals surface area contributed by atoms with Crippen LogP contribution >= 0.6 is 0 Å². The summed E-state index contributed by atoms with van der Waals surface area (Å²) in [6, 6.07) is 61.0. The van der Waals surface area contributed by atoms with Gasteiger partial charge in [-0.3, -0.25) is 8.97 Å². The van der Waals surface area contributed by atoms with E-state index >= 15 is 0 Å². The molecule has 0 spiro atoms. The standard InChI is InChI=1S/C48H29N5/c1-2-12-32(13-3-1)51-41-19-9-6-15-34(41)37-26-30(22-23-43(37)51)31-24-25-49-47(27-31)52-42-20-10-7-16-35(42)39-29-46-38(28-45(39)52)33-14-4-5-17-36(33)48-50-40-18-8-11-21-44(40)53(46)48/h1-29H. The molecule has 53 heavy (non-hydrogen) atoms. The minimum atomic E-state index is 0.887. The summed E-state index contributed by atoms with van der Waals surface area (Å²) < 4.78 is 7.03. The molecule has 0 N–H and O–H groups in total. The first-order valence-corrected chi connectivity index (χ1v) is 18.0. The molecule has 0 aliphatic carbocycles. The smallest absolute Gasteiger partial charge is 0.146 e. The van der Waals surface area contributed by atoms with Gasteiger partial charge in [0.05, 0.1) is 38.6 Å². The van der Waals surface area contributed by atoms with Crippen molar-refractivity contribution in [2.24, 2.45) is 0 Å². The maximum atomic E-state index is 5.13. The molecule has 0 saturated carbocycles. The summed E-state index contributed by atoms with van der Waals surface area (Å²) in [5, 5.41) is 8.36. The zero-order chi connectivity index (χ0) is 34.6. The molecule has 0 radical (unpaired) electrons. The van der Waals surface area contributed by atoms with Crippen molar-refractivity contribution < 1.29 is 0 Å². The lowest BCUT2D eigenvalue weighted by molar-refractivity contribution is 1.08. The van der Waals surface area contributed by atoms with Crippen molar-refractivity contribution in [3.63, 3.8) is 0 Å². The van der Waals surface area contributed by atoms with Crippen LogP contribution in [-0.2, 0) is 0 Å². The SMILES string of the molecule is c1ccc(-n2c3ccccc3c3cc(-c4ccnc(-n5c6ccccc6c6cc7c(cc65)c5ccccc5c5nc6ccccc6n75)c4)ccc32)cc1. The number of para-hydroxylation sites is 5. The average Bonchev–Trinajstić information content (AvgIpc) is 3.88. The molecule has 246 valence electrons. The van der Waals surface area contributed by atoms with Crippen molar-refractivity contribution in [3.8, 4) is 22.6 Å². The maximum absolute atomic E-state index is 5.13. The van der Waals surface area contributed by atoms with Gasteiger partial charge in [-0.1, -0.05) is 97.1 Å². The molecular weight excluding hydrogens is 647 g/mol. The van der Waals surface area contributed by atoms with Crippen LogP contribution in [0.15, 0.2) is 176 Å². The highest BCUT2D eigenvalue weighted by Gasteiger charge is 2.20. The van der Waals surface area contributed by atoms with E-state index in [9.17, 15) is 0 Å². The van der Waals surface area contributed by atoms with Crippen molar-refractivity contribution in [1.82, 2.24) is 23.5 Å². The Balaban J connectivity index is 1.11. The minimum absolute atomic E-state index is 0.887. The van der Waals surface area contributed by atoms with Crippen LogP contribution in [-0.4, -0.2) is 23.5 Å². The normalized spacial score (nSPS) is 12.2. The van der Waals surface area contributed by atoms with Gasteiger partial charge in [0.2, 0.25) is 0 Å².